The molecule has 2 N–H and O–H groups in total. The van der Waals surface area contributed by atoms with Crippen molar-refractivity contribution in [3.05, 3.63) is 58.9 Å². The van der Waals surface area contributed by atoms with Crippen LogP contribution in [0.15, 0.2) is 48.3 Å². The summed E-state index contributed by atoms with van der Waals surface area (Å²) in [6.07, 6.45) is 2.76. The summed E-state index contributed by atoms with van der Waals surface area (Å²) in [7, 11) is 0. The van der Waals surface area contributed by atoms with Gasteiger partial charge < -0.3 is 20.1 Å². The van der Waals surface area contributed by atoms with Crippen LogP contribution in [-0.4, -0.2) is 17.7 Å². The normalized spacial score (nSPS) is 12.4. The fourth-order valence-electron chi connectivity index (χ4n) is 2.08. The molecular weight excluding hydrogens is 344 g/mol. The summed E-state index contributed by atoms with van der Waals surface area (Å²) in [5.74, 6) is 1.29. The summed E-state index contributed by atoms with van der Waals surface area (Å²) in [5.41, 5.74) is 0.764. The van der Waals surface area contributed by atoms with E-state index in [4.69, 9.17) is 26.3 Å². The lowest BCUT2D eigenvalue weighted by atomic mass is 10.2. The second kappa shape index (κ2) is 7.55. The molecule has 2 aromatic rings. The molecule has 1 aliphatic rings. The number of ether oxygens (including phenoxy) is 2. The Morgan fingerprint density at radius 1 is 1.32 bits per heavy atom. The Labute approximate surface area is 148 Å². The molecule has 0 bridgehead atoms. The molecule has 0 aliphatic carbocycles. The molecule has 0 fully saturated rings. The predicted octanol–water partition coefficient (Wildman–Crippen LogP) is 2.60. The predicted molar refractivity (Wildman–Crippen MR) is 91.0 cm³/mol. The lowest BCUT2D eigenvalue weighted by Gasteiger charge is -2.06. The first-order chi connectivity index (χ1) is 12.2. The zero-order valence-corrected chi connectivity index (χ0v) is 13.7. The van der Waals surface area contributed by atoms with Crippen LogP contribution >= 0.6 is 11.6 Å². The number of aromatic nitrogens is 1. The van der Waals surface area contributed by atoms with E-state index >= 15 is 0 Å². The molecule has 3 rings (SSSR count). The summed E-state index contributed by atoms with van der Waals surface area (Å²) in [4.78, 5) is 16.1. The van der Waals surface area contributed by atoms with Crippen LogP contribution in [-0.2, 0) is 11.3 Å². The number of halogens is 1. The van der Waals surface area contributed by atoms with Crippen molar-refractivity contribution in [3.63, 3.8) is 0 Å². The number of nitrogens with zero attached hydrogens (tertiary/aromatic N) is 2. The number of amides is 1. The highest BCUT2D eigenvalue weighted by Gasteiger charge is 2.14. The van der Waals surface area contributed by atoms with Gasteiger partial charge in [0.15, 0.2) is 11.5 Å². The number of nitrogens with one attached hydrogen (secondary N) is 2. The maximum absolute atomic E-state index is 12.1. The highest BCUT2D eigenvalue weighted by atomic mass is 35.5. The first-order valence-corrected chi connectivity index (χ1v) is 7.68. The van der Waals surface area contributed by atoms with Crippen molar-refractivity contribution in [1.82, 2.24) is 10.3 Å². The van der Waals surface area contributed by atoms with Gasteiger partial charge in [-0.1, -0.05) is 17.7 Å². The van der Waals surface area contributed by atoms with E-state index in [1.165, 1.54) is 12.4 Å². The highest BCUT2D eigenvalue weighted by molar-refractivity contribution is 6.30. The van der Waals surface area contributed by atoms with Gasteiger partial charge in [-0.15, -0.1) is 0 Å². The number of hydrogen-bond donors (Lipinski definition) is 2. The number of fused-ring (bicyclic) bond motifs is 1. The molecule has 1 aromatic carbocycles. The minimum Gasteiger partial charge on any atom is -0.454 e. The van der Waals surface area contributed by atoms with Gasteiger partial charge in [0, 0.05) is 18.9 Å². The van der Waals surface area contributed by atoms with E-state index in [1.807, 2.05) is 12.1 Å². The van der Waals surface area contributed by atoms with E-state index in [0.717, 1.165) is 5.56 Å². The molecule has 126 valence electrons. The third-order valence-corrected chi connectivity index (χ3v) is 3.57. The van der Waals surface area contributed by atoms with Gasteiger partial charge >= 0.3 is 0 Å². The van der Waals surface area contributed by atoms with Crippen LogP contribution in [0.3, 0.4) is 0 Å². The topological polar surface area (TPSA) is 96.3 Å². The third kappa shape index (κ3) is 4.19. The Hall–Kier alpha value is -3.24. The lowest BCUT2D eigenvalue weighted by Crippen LogP contribution is -2.24. The molecule has 7 nitrogen and oxygen atoms in total. The molecule has 0 atom stereocenters. The van der Waals surface area contributed by atoms with Crippen LogP contribution in [0.5, 0.6) is 11.5 Å². The minimum absolute atomic E-state index is 0.0718. The molecule has 0 saturated heterocycles. The number of benzene rings is 1. The van der Waals surface area contributed by atoms with E-state index in [0.29, 0.717) is 22.3 Å². The van der Waals surface area contributed by atoms with Crippen molar-refractivity contribution in [2.24, 2.45) is 0 Å². The Balaban J connectivity index is 1.59. The van der Waals surface area contributed by atoms with Crippen molar-refractivity contribution in [2.75, 3.05) is 12.1 Å². The van der Waals surface area contributed by atoms with Crippen molar-refractivity contribution in [2.45, 2.75) is 6.54 Å². The smallest absolute Gasteiger partial charge is 0.263 e. The summed E-state index contributed by atoms with van der Waals surface area (Å²) in [5, 5.41) is 15.1. The largest absolute Gasteiger partial charge is 0.454 e. The van der Waals surface area contributed by atoms with Gasteiger partial charge in [-0.2, -0.15) is 5.26 Å². The quantitative estimate of drug-likeness (QED) is 0.631. The Morgan fingerprint density at radius 2 is 2.16 bits per heavy atom. The van der Waals surface area contributed by atoms with E-state index < -0.39 is 5.91 Å². The van der Waals surface area contributed by atoms with Gasteiger partial charge in [0.1, 0.15) is 17.5 Å². The standard InChI is InChI=1S/C17H13ClN4O3/c18-13-2-4-16(21-9-13)20-8-12(6-19)17(23)22-7-11-1-3-14-15(5-11)25-10-24-14/h1-5,8-9H,7,10H2,(H,20,21)(H,22,23)/b12-8-. The number of nitriles is 1. The van der Waals surface area contributed by atoms with Crippen molar-refractivity contribution in [1.29, 1.82) is 5.26 Å². The van der Waals surface area contributed by atoms with E-state index in [2.05, 4.69) is 15.6 Å². The Morgan fingerprint density at radius 3 is 2.92 bits per heavy atom. The van der Waals surface area contributed by atoms with Gasteiger partial charge in [-0.3, -0.25) is 4.79 Å². The second-order valence-electron chi connectivity index (χ2n) is 5.05. The first-order valence-electron chi connectivity index (χ1n) is 7.31. The number of carbonyl (C=O) groups is 1. The molecule has 2 heterocycles. The fourth-order valence-corrected chi connectivity index (χ4v) is 2.20. The average molecular weight is 357 g/mol. The molecule has 0 saturated carbocycles. The SMILES string of the molecule is N#C/C(=C/Nc1ccc(Cl)cn1)C(=O)NCc1ccc2c(c1)OCO2. The highest BCUT2D eigenvalue weighted by Crippen LogP contribution is 2.32. The van der Waals surface area contributed by atoms with Crippen LogP contribution in [0.1, 0.15) is 5.56 Å². The number of hydrogen-bond acceptors (Lipinski definition) is 6. The Kier molecular flexibility index (Phi) is 5.02. The Bertz CT molecular complexity index is 859. The molecule has 0 spiro atoms. The van der Waals surface area contributed by atoms with Gasteiger partial charge in [-0.05, 0) is 29.8 Å². The van der Waals surface area contributed by atoms with Crippen LogP contribution in [0.4, 0.5) is 5.82 Å². The minimum atomic E-state index is -0.498. The van der Waals surface area contributed by atoms with Gasteiger partial charge in [0.25, 0.3) is 5.91 Å². The fraction of sp³-hybridized carbons (Fsp3) is 0.118. The van der Waals surface area contributed by atoms with Gasteiger partial charge in [-0.25, -0.2) is 4.98 Å². The van der Waals surface area contributed by atoms with Gasteiger partial charge in [0.05, 0.1) is 5.02 Å². The summed E-state index contributed by atoms with van der Waals surface area (Å²) in [6.45, 7) is 0.449. The summed E-state index contributed by atoms with van der Waals surface area (Å²) >= 11 is 5.75. The average Bonchev–Trinajstić information content (AvgIpc) is 3.09. The zero-order valence-electron chi connectivity index (χ0n) is 13.0. The molecule has 8 heteroatoms. The maximum atomic E-state index is 12.1. The van der Waals surface area contributed by atoms with E-state index in [-0.39, 0.29) is 18.9 Å². The number of rotatable bonds is 5. The van der Waals surface area contributed by atoms with Crippen LogP contribution in [0, 0.1) is 11.3 Å². The van der Waals surface area contributed by atoms with Gasteiger partial charge in [0.2, 0.25) is 6.79 Å². The third-order valence-electron chi connectivity index (χ3n) is 3.35. The first kappa shape index (κ1) is 16.6. The zero-order chi connectivity index (χ0) is 17.6. The van der Waals surface area contributed by atoms with Crippen LogP contribution in [0.2, 0.25) is 5.02 Å². The molecule has 0 radical (unpaired) electrons. The molecular formula is C17H13ClN4O3. The molecule has 1 aromatic heterocycles. The molecule has 0 unspecified atom stereocenters. The van der Waals surface area contributed by atoms with Crippen molar-refractivity contribution in [3.8, 4) is 17.6 Å². The number of anilines is 1. The van der Waals surface area contributed by atoms with Crippen molar-refractivity contribution < 1.29 is 14.3 Å². The summed E-state index contributed by atoms with van der Waals surface area (Å²) in [6, 6.07) is 10.5. The van der Waals surface area contributed by atoms with E-state index in [9.17, 15) is 4.79 Å². The van der Waals surface area contributed by atoms with Crippen molar-refractivity contribution >= 4 is 23.3 Å². The maximum Gasteiger partial charge on any atom is 0.263 e. The number of carbonyl (C=O) groups excluding carboxylic acids is 1. The van der Waals surface area contributed by atoms with E-state index in [1.54, 1.807) is 24.3 Å². The summed E-state index contributed by atoms with van der Waals surface area (Å²) < 4.78 is 10.5. The molecule has 1 aliphatic heterocycles. The van der Waals surface area contributed by atoms with Crippen LogP contribution < -0.4 is 20.1 Å². The number of pyridine rings is 1. The second-order valence-corrected chi connectivity index (χ2v) is 5.48. The monoisotopic (exact) mass is 356 g/mol. The lowest BCUT2D eigenvalue weighted by molar-refractivity contribution is -0.117. The van der Waals surface area contributed by atoms with Crippen LogP contribution in [0.25, 0.3) is 0 Å². The molecule has 25 heavy (non-hydrogen) atoms. The molecule has 1 amide bonds.